The van der Waals surface area contributed by atoms with Crippen molar-refractivity contribution >= 4 is 39.9 Å². The molecule has 0 fully saturated rings. The standard InChI is InChI=1S/C17H10BrFN2O2/c1-20-17(23)12-9-14(21-8-2-3-13(19)15(12)21)16(22)10-4-6-11(18)7-5-10/h2-9H,1H2. The minimum atomic E-state index is -0.678. The Hall–Kier alpha value is -2.60. The molecule has 0 aliphatic heterocycles. The molecule has 2 heterocycles. The third-order valence-corrected chi connectivity index (χ3v) is 3.98. The molecule has 0 spiro atoms. The highest BCUT2D eigenvalue weighted by Crippen LogP contribution is 2.23. The number of hydrogen-bond donors (Lipinski definition) is 0. The molecule has 0 N–H and O–H groups in total. The summed E-state index contributed by atoms with van der Waals surface area (Å²) in [7, 11) is 0. The van der Waals surface area contributed by atoms with Crippen LogP contribution in [0.3, 0.4) is 0 Å². The van der Waals surface area contributed by atoms with Crippen molar-refractivity contribution < 1.29 is 14.0 Å². The van der Waals surface area contributed by atoms with E-state index < -0.39 is 11.7 Å². The summed E-state index contributed by atoms with van der Waals surface area (Å²) < 4.78 is 16.3. The van der Waals surface area contributed by atoms with Gasteiger partial charge in [-0.15, -0.1) is 0 Å². The van der Waals surface area contributed by atoms with Crippen LogP contribution in [0, 0.1) is 5.82 Å². The Bertz CT molecular complexity index is 945. The second kappa shape index (κ2) is 5.89. The monoisotopic (exact) mass is 372 g/mol. The highest BCUT2D eigenvalue weighted by atomic mass is 79.9. The molecule has 0 aliphatic rings. The first-order valence-corrected chi connectivity index (χ1v) is 7.43. The molecule has 2 aromatic heterocycles. The minimum absolute atomic E-state index is 0.0126. The van der Waals surface area contributed by atoms with Crippen LogP contribution in [0.4, 0.5) is 4.39 Å². The lowest BCUT2D eigenvalue weighted by molar-refractivity contribution is 0.100. The third kappa shape index (κ3) is 2.61. The molecule has 1 amide bonds. The summed E-state index contributed by atoms with van der Waals surface area (Å²) in [6, 6.07) is 10.8. The number of fused-ring (bicyclic) bond motifs is 1. The fraction of sp³-hybridized carbons (Fsp3) is 0. The van der Waals surface area contributed by atoms with E-state index in [1.165, 1.54) is 28.8 Å². The number of nitrogens with zero attached hydrogens (tertiary/aromatic N) is 2. The maximum atomic E-state index is 14.1. The van der Waals surface area contributed by atoms with E-state index in [0.29, 0.717) is 5.56 Å². The minimum Gasteiger partial charge on any atom is -0.310 e. The number of halogens is 2. The first-order chi connectivity index (χ1) is 11.0. The molecule has 0 saturated heterocycles. The number of ketones is 1. The van der Waals surface area contributed by atoms with Crippen LogP contribution in [0.25, 0.3) is 5.52 Å². The van der Waals surface area contributed by atoms with E-state index in [-0.39, 0.29) is 22.6 Å². The number of pyridine rings is 1. The van der Waals surface area contributed by atoms with E-state index in [2.05, 4.69) is 27.6 Å². The van der Waals surface area contributed by atoms with Crippen molar-refractivity contribution in [2.45, 2.75) is 0 Å². The molecule has 0 saturated carbocycles. The maximum absolute atomic E-state index is 14.1. The summed E-state index contributed by atoms with van der Waals surface area (Å²) in [5.74, 6) is -1.60. The van der Waals surface area contributed by atoms with Crippen molar-refractivity contribution in [3.8, 4) is 0 Å². The van der Waals surface area contributed by atoms with Crippen molar-refractivity contribution in [1.82, 2.24) is 4.40 Å². The fourth-order valence-electron chi connectivity index (χ4n) is 2.39. The number of carbonyl (C=O) groups is 2. The number of carbonyl (C=O) groups excluding carboxylic acids is 2. The number of aromatic nitrogens is 1. The number of rotatable bonds is 3. The molecule has 0 unspecified atom stereocenters. The molecular formula is C17H10BrFN2O2. The summed E-state index contributed by atoms with van der Waals surface area (Å²) in [6.07, 6.45) is 1.53. The largest absolute Gasteiger partial charge is 0.310 e. The summed E-state index contributed by atoms with van der Waals surface area (Å²) in [6.45, 7) is 3.17. The van der Waals surface area contributed by atoms with Gasteiger partial charge in [-0.25, -0.2) is 9.38 Å². The molecular weight excluding hydrogens is 363 g/mol. The van der Waals surface area contributed by atoms with Gasteiger partial charge in [-0.2, -0.15) is 0 Å². The molecule has 1 aromatic carbocycles. The zero-order valence-electron chi connectivity index (χ0n) is 11.8. The van der Waals surface area contributed by atoms with E-state index in [1.54, 1.807) is 24.3 Å². The van der Waals surface area contributed by atoms with Crippen molar-refractivity contribution in [3.63, 3.8) is 0 Å². The summed E-state index contributed by atoms with van der Waals surface area (Å²) >= 11 is 3.30. The molecule has 23 heavy (non-hydrogen) atoms. The number of amides is 1. The van der Waals surface area contributed by atoms with Crippen LogP contribution < -0.4 is 0 Å². The topological polar surface area (TPSA) is 50.9 Å². The van der Waals surface area contributed by atoms with Crippen LogP contribution in [0.2, 0.25) is 0 Å². The van der Waals surface area contributed by atoms with Crippen molar-refractivity contribution in [2.75, 3.05) is 0 Å². The zero-order valence-corrected chi connectivity index (χ0v) is 13.4. The average molecular weight is 373 g/mol. The highest BCUT2D eigenvalue weighted by molar-refractivity contribution is 9.10. The molecule has 0 bridgehead atoms. The Kier molecular flexibility index (Phi) is 3.92. The predicted octanol–water partition coefficient (Wildman–Crippen LogP) is 3.91. The van der Waals surface area contributed by atoms with Gasteiger partial charge in [0, 0.05) is 16.2 Å². The van der Waals surface area contributed by atoms with E-state index in [4.69, 9.17) is 0 Å². The van der Waals surface area contributed by atoms with Gasteiger partial charge in [0.25, 0.3) is 5.91 Å². The fourth-order valence-corrected chi connectivity index (χ4v) is 2.65. The molecule has 114 valence electrons. The van der Waals surface area contributed by atoms with Gasteiger partial charge in [0.1, 0.15) is 5.82 Å². The first kappa shape index (κ1) is 15.3. The lowest BCUT2D eigenvalue weighted by atomic mass is 10.1. The normalized spacial score (nSPS) is 10.7. The van der Waals surface area contributed by atoms with Gasteiger partial charge < -0.3 is 4.40 Å². The van der Waals surface area contributed by atoms with Crippen LogP contribution >= 0.6 is 15.9 Å². The third-order valence-electron chi connectivity index (χ3n) is 3.45. The molecule has 3 rings (SSSR count). The van der Waals surface area contributed by atoms with Gasteiger partial charge >= 0.3 is 0 Å². The first-order valence-electron chi connectivity index (χ1n) is 6.64. The van der Waals surface area contributed by atoms with E-state index in [1.807, 2.05) is 0 Å². The highest BCUT2D eigenvalue weighted by Gasteiger charge is 2.22. The van der Waals surface area contributed by atoms with Gasteiger partial charge in [0.2, 0.25) is 5.78 Å². The summed E-state index contributed by atoms with van der Waals surface area (Å²) in [5, 5.41) is 0. The Balaban J connectivity index is 2.24. The summed E-state index contributed by atoms with van der Waals surface area (Å²) in [5.41, 5.74) is 0.653. The van der Waals surface area contributed by atoms with Crippen LogP contribution in [-0.4, -0.2) is 22.8 Å². The maximum Gasteiger partial charge on any atom is 0.278 e. The van der Waals surface area contributed by atoms with Gasteiger partial charge in [0.15, 0.2) is 0 Å². The number of hydrogen-bond acceptors (Lipinski definition) is 2. The molecule has 4 nitrogen and oxygen atoms in total. The van der Waals surface area contributed by atoms with Crippen molar-refractivity contribution in [2.24, 2.45) is 4.99 Å². The second-order valence-electron chi connectivity index (χ2n) is 4.82. The Morgan fingerprint density at radius 1 is 1.17 bits per heavy atom. The molecule has 6 heteroatoms. The van der Waals surface area contributed by atoms with Crippen LogP contribution in [0.1, 0.15) is 26.4 Å². The molecule has 0 atom stereocenters. The summed E-state index contributed by atoms with van der Waals surface area (Å²) in [4.78, 5) is 27.9. The van der Waals surface area contributed by atoms with Crippen LogP contribution in [0.5, 0.6) is 0 Å². The van der Waals surface area contributed by atoms with Gasteiger partial charge in [-0.1, -0.05) is 15.9 Å². The Labute approximate surface area is 139 Å². The predicted molar refractivity (Wildman–Crippen MR) is 88.8 cm³/mol. The van der Waals surface area contributed by atoms with Crippen molar-refractivity contribution in [1.29, 1.82) is 0 Å². The molecule has 3 aromatic rings. The van der Waals surface area contributed by atoms with E-state index >= 15 is 0 Å². The van der Waals surface area contributed by atoms with E-state index in [0.717, 1.165) is 4.47 Å². The average Bonchev–Trinajstić information content (AvgIpc) is 2.95. The number of aliphatic imine (C=N–C) groups is 1. The van der Waals surface area contributed by atoms with E-state index in [9.17, 15) is 14.0 Å². The molecule has 0 radical (unpaired) electrons. The smallest absolute Gasteiger partial charge is 0.278 e. The van der Waals surface area contributed by atoms with Crippen molar-refractivity contribution in [3.05, 3.63) is 75.8 Å². The van der Waals surface area contributed by atoms with Gasteiger partial charge in [-0.05, 0) is 49.2 Å². The van der Waals surface area contributed by atoms with Crippen LogP contribution in [-0.2, 0) is 0 Å². The van der Waals surface area contributed by atoms with Gasteiger partial charge in [-0.3, -0.25) is 9.59 Å². The number of benzene rings is 1. The second-order valence-corrected chi connectivity index (χ2v) is 5.73. The quantitative estimate of drug-likeness (QED) is 0.516. The van der Waals surface area contributed by atoms with Gasteiger partial charge in [0.05, 0.1) is 16.8 Å². The zero-order chi connectivity index (χ0) is 16.6. The van der Waals surface area contributed by atoms with Crippen LogP contribution in [0.15, 0.2) is 58.1 Å². The lowest BCUT2D eigenvalue weighted by Gasteiger charge is -2.03. The Morgan fingerprint density at radius 3 is 2.52 bits per heavy atom. The molecule has 0 aliphatic carbocycles. The SMILES string of the molecule is C=NC(=O)c1cc(C(=O)c2ccc(Br)cc2)n2cccc(F)c12. The Morgan fingerprint density at radius 2 is 1.87 bits per heavy atom. The lowest BCUT2D eigenvalue weighted by Crippen LogP contribution is -2.05.